The van der Waals surface area contributed by atoms with Crippen LogP contribution < -0.4 is 0 Å². The van der Waals surface area contributed by atoms with Crippen LogP contribution in [0.3, 0.4) is 0 Å². The Hall–Kier alpha value is -0.120. The fourth-order valence-electron chi connectivity index (χ4n) is 1.89. The highest BCUT2D eigenvalue weighted by molar-refractivity contribution is 4.68. The van der Waals surface area contributed by atoms with Crippen molar-refractivity contribution in [1.82, 2.24) is 4.90 Å². The normalized spacial score (nSPS) is 19.6. The lowest BCUT2D eigenvalue weighted by Crippen LogP contribution is -2.35. The molecule has 3 nitrogen and oxygen atoms in total. The Bertz CT molecular complexity index is 145. The zero-order valence-electron chi connectivity index (χ0n) is 10.2. The summed E-state index contributed by atoms with van der Waals surface area (Å²) >= 11 is 0. The number of likely N-dealkylation sites (tertiary alicyclic amines) is 1. The van der Waals surface area contributed by atoms with Gasteiger partial charge in [-0.1, -0.05) is 6.92 Å². The van der Waals surface area contributed by atoms with Crippen LogP contribution in [0.5, 0.6) is 0 Å². The molecule has 0 amide bonds. The number of hydrogen-bond donors (Lipinski definition) is 0. The molecule has 0 atom stereocenters. The lowest BCUT2D eigenvalue weighted by atomic mass is 9.99. The van der Waals surface area contributed by atoms with E-state index in [4.69, 9.17) is 9.47 Å². The summed E-state index contributed by atoms with van der Waals surface area (Å²) in [5.41, 5.74) is 0. The number of ether oxygens (including phenoxy) is 2. The third kappa shape index (κ3) is 6.13. The van der Waals surface area contributed by atoms with Crippen molar-refractivity contribution in [3.8, 4) is 0 Å². The molecule has 0 N–H and O–H groups in total. The van der Waals surface area contributed by atoms with Gasteiger partial charge in [0.25, 0.3) is 0 Å². The van der Waals surface area contributed by atoms with Crippen LogP contribution in [-0.4, -0.2) is 51.5 Å². The molecule has 1 heterocycles. The SMILES string of the molecule is COCCCOCCN1CCC(C)CC1. The van der Waals surface area contributed by atoms with E-state index in [1.165, 1.54) is 25.9 Å². The molecule has 0 aliphatic carbocycles. The fraction of sp³-hybridized carbons (Fsp3) is 1.00. The minimum Gasteiger partial charge on any atom is -0.385 e. The average Bonchev–Trinajstić information content (AvgIpc) is 2.26. The molecule has 0 aromatic carbocycles. The van der Waals surface area contributed by atoms with Gasteiger partial charge in [0.15, 0.2) is 0 Å². The van der Waals surface area contributed by atoms with E-state index in [1.807, 2.05) is 0 Å². The standard InChI is InChI=1S/C12H25NO2/c1-12-4-6-13(7-5-12)8-11-15-10-3-9-14-2/h12H,3-11H2,1-2H3. The maximum absolute atomic E-state index is 5.54. The lowest BCUT2D eigenvalue weighted by Gasteiger charge is -2.29. The van der Waals surface area contributed by atoms with Crippen LogP contribution in [0.1, 0.15) is 26.2 Å². The monoisotopic (exact) mass is 215 g/mol. The first-order chi connectivity index (χ1) is 7.33. The summed E-state index contributed by atoms with van der Waals surface area (Å²) in [7, 11) is 1.73. The first kappa shape index (κ1) is 12.9. The van der Waals surface area contributed by atoms with Gasteiger partial charge in [-0.05, 0) is 38.3 Å². The van der Waals surface area contributed by atoms with Crippen LogP contribution in [0.25, 0.3) is 0 Å². The molecule has 0 saturated carbocycles. The van der Waals surface area contributed by atoms with Crippen LogP contribution >= 0.6 is 0 Å². The largest absolute Gasteiger partial charge is 0.385 e. The van der Waals surface area contributed by atoms with Crippen LogP contribution in [0, 0.1) is 5.92 Å². The fourth-order valence-corrected chi connectivity index (χ4v) is 1.89. The predicted octanol–water partition coefficient (Wildman–Crippen LogP) is 1.77. The predicted molar refractivity (Wildman–Crippen MR) is 62.2 cm³/mol. The first-order valence-electron chi connectivity index (χ1n) is 6.12. The van der Waals surface area contributed by atoms with E-state index in [1.54, 1.807) is 7.11 Å². The zero-order chi connectivity index (χ0) is 10.9. The molecule has 0 aromatic heterocycles. The van der Waals surface area contributed by atoms with Gasteiger partial charge in [-0.2, -0.15) is 0 Å². The summed E-state index contributed by atoms with van der Waals surface area (Å²) in [4.78, 5) is 2.51. The van der Waals surface area contributed by atoms with Gasteiger partial charge in [-0.15, -0.1) is 0 Å². The second-order valence-corrected chi connectivity index (χ2v) is 4.48. The molecule has 0 aromatic rings. The summed E-state index contributed by atoms with van der Waals surface area (Å²) < 4.78 is 10.5. The van der Waals surface area contributed by atoms with E-state index >= 15 is 0 Å². The van der Waals surface area contributed by atoms with Gasteiger partial charge < -0.3 is 14.4 Å². The number of nitrogens with zero attached hydrogens (tertiary/aromatic N) is 1. The quantitative estimate of drug-likeness (QED) is 0.604. The summed E-state index contributed by atoms with van der Waals surface area (Å²) in [5, 5.41) is 0. The average molecular weight is 215 g/mol. The molecule has 90 valence electrons. The Labute approximate surface area is 93.7 Å². The van der Waals surface area contributed by atoms with Gasteiger partial charge in [0.2, 0.25) is 0 Å². The van der Waals surface area contributed by atoms with Gasteiger partial charge in [-0.25, -0.2) is 0 Å². The third-order valence-electron chi connectivity index (χ3n) is 3.07. The van der Waals surface area contributed by atoms with E-state index in [0.29, 0.717) is 0 Å². The molecule has 1 aliphatic rings. The van der Waals surface area contributed by atoms with Crippen molar-refractivity contribution in [2.75, 3.05) is 46.6 Å². The van der Waals surface area contributed by atoms with Crippen molar-refractivity contribution in [2.24, 2.45) is 5.92 Å². The van der Waals surface area contributed by atoms with Crippen LogP contribution in [0.15, 0.2) is 0 Å². The molecule has 0 bridgehead atoms. The number of rotatable bonds is 7. The second-order valence-electron chi connectivity index (χ2n) is 4.48. The van der Waals surface area contributed by atoms with Gasteiger partial charge in [0.1, 0.15) is 0 Å². The van der Waals surface area contributed by atoms with E-state index in [-0.39, 0.29) is 0 Å². The second kappa shape index (κ2) is 8.08. The van der Waals surface area contributed by atoms with E-state index < -0.39 is 0 Å². The van der Waals surface area contributed by atoms with Gasteiger partial charge in [0.05, 0.1) is 6.61 Å². The highest BCUT2D eigenvalue weighted by Gasteiger charge is 2.14. The Kier molecular flexibility index (Phi) is 6.98. The number of hydrogen-bond acceptors (Lipinski definition) is 3. The Balaban J connectivity index is 1.87. The summed E-state index contributed by atoms with van der Waals surface area (Å²) in [5.74, 6) is 0.920. The van der Waals surface area contributed by atoms with E-state index in [2.05, 4.69) is 11.8 Å². The van der Waals surface area contributed by atoms with Crippen LogP contribution in [0.4, 0.5) is 0 Å². The zero-order valence-corrected chi connectivity index (χ0v) is 10.2. The maximum atomic E-state index is 5.54. The molecule has 1 rings (SSSR count). The molecule has 1 saturated heterocycles. The number of piperidine rings is 1. The Morgan fingerprint density at radius 2 is 1.87 bits per heavy atom. The van der Waals surface area contributed by atoms with Crippen molar-refractivity contribution in [2.45, 2.75) is 26.2 Å². The van der Waals surface area contributed by atoms with Gasteiger partial charge >= 0.3 is 0 Å². The number of methoxy groups -OCH3 is 1. The molecule has 3 heteroatoms. The highest BCUT2D eigenvalue weighted by atomic mass is 16.5. The van der Waals surface area contributed by atoms with Crippen molar-refractivity contribution in [3.05, 3.63) is 0 Å². The minimum atomic E-state index is 0.807. The Morgan fingerprint density at radius 1 is 1.13 bits per heavy atom. The minimum absolute atomic E-state index is 0.807. The topological polar surface area (TPSA) is 21.7 Å². The van der Waals surface area contributed by atoms with Crippen molar-refractivity contribution >= 4 is 0 Å². The third-order valence-corrected chi connectivity index (χ3v) is 3.07. The molecular formula is C12H25NO2. The van der Waals surface area contributed by atoms with Crippen molar-refractivity contribution in [3.63, 3.8) is 0 Å². The summed E-state index contributed by atoms with van der Waals surface area (Å²) in [6.07, 6.45) is 3.71. The summed E-state index contributed by atoms with van der Waals surface area (Å²) in [6.45, 7) is 8.46. The van der Waals surface area contributed by atoms with Gasteiger partial charge in [-0.3, -0.25) is 0 Å². The molecular weight excluding hydrogens is 190 g/mol. The highest BCUT2D eigenvalue weighted by Crippen LogP contribution is 2.15. The van der Waals surface area contributed by atoms with Crippen LogP contribution in [-0.2, 0) is 9.47 Å². The lowest BCUT2D eigenvalue weighted by molar-refractivity contribution is 0.0748. The van der Waals surface area contributed by atoms with Crippen LogP contribution in [0.2, 0.25) is 0 Å². The Morgan fingerprint density at radius 3 is 2.53 bits per heavy atom. The smallest absolute Gasteiger partial charge is 0.0593 e. The first-order valence-corrected chi connectivity index (χ1v) is 6.12. The maximum Gasteiger partial charge on any atom is 0.0593 e. The molecule has 0 unspecified atom stereocenters. The van der Waals surface area contributed by atoms with Crippen molar-refractivity contribution < 1.29 is 9.47 Å². The van der Waals surface area contributed by atoms with Gasteiger partial charge in [0, 0.05) is 26.9 Å². The van der Waals surface area contributed by atoms with E-state index in [0.717, 1.165) is 38.7 Å². The molecule has 15 heavy (non-hydrogen) atoms. The summed E-state index contributed by atoms with van der Waals surface area (Å²) in [6, 6.07) is 0. The molecule has 0 spiro atoms. The molecule has 1 fully saturated rings. The van der Waals surface area contributed by atoms with Crippen molar-refractivity contribution in [1.29, 1.82) is 0 Å². The molecule has 1 aliphatic heterocycles. The molecule has 0 radical (unpaired) electrons. The van der Waals surface area contributed by atoms with E-state index in [9.17, 15) is 0 Å².